The van der Waals surface area contributed by atoms with Gasteiger partial charge in [0, 0.05) is 60.2 Å². The Morgan fingerprint density at radius 1 is 0.966 bits per heavy atom. The Morgan fingerprint density at radius 3 is 2.55 bits per heavy atom. The van der Waals surface area contributed by atoms with E-state index < -0.39 is 6.23 Å². The summed E-state index contributed by atoms with van der Waals surface area (Å²) in [6, 6.07) is 26.6. The van der Waals surface area contributed by atoms with Crippen molar-refractivity contribution in [2.45, 2.75) is 88.4 Å². The minimum absolute atomic E-state index is 0.0416. The molecular formula is C46H51ClN5O4S2+. The van der Waals surface area contributed by atoms with Gasteiger partial charge in [-0.3, -0.25) is 9.59 Å². The number of nitrogens with zero attached hydrogens (tertiary/aromatic N) is 4. The zero-order chi connectivity index (χ0) is 40.8. The summed E-state index contributed by atoms with van der Waals surface area (Å²) < 4.78 is 16.6. The standard InChI is InChI=1S/C46H50ClN5O4S2/c1-4-31(26-44-49(5-2)37-15-12-16-39(57)46(37)56-44)25-42-50(6-3)45-38(28-34(29-40(45)58)32-13-8-7-9-14-32)51(42)23-11-10-22-48-41(54)21-24-52-36-19-18-35(47)27-33(36)17-20-43(52)55-30-53/h7-9,12-16,18-19,25-30,43H,4-6,10-11,17,20-24H2,1-3H3,(H2-,48,54,57,58)/p+1. The van der Waals surface area contributed by atoms with Crippen molar-refractivity contribution < 1.29 is 23.6 Å². The molecule has 4 aromatic carbocycles. The van der Waals surface area contributed by atoms with Crippen LogP contribution in [0.1, 0.15) is 64.3 Å². The number of rotatable bonds is 16. The van der Waals surface area contributed by atoms with Gasteiger partial charge in [0.05, 0.1) is 23.7 Å². The molecule has 7 rings (SSSR count). The van der Waals surface area contributed by atoms with E-state index in [0.29, 0.717) is 31.0 Å². The lowest BCUT2D eigenvalue weighted by molar-refractivity contribution is -0.674. The second kappa shape index (κ2) is 18.8. The number of halogens is 1. The van der Waals surface area contributed by atoms with Crippen molar-refractivity contribution in [1.29, 1.82) is 0 Å². The molecule has 3 heterocycles. The number of hydrogen-bond donors (Lipinski definition) is 3. The van der Waals surface area contributed by atoms with Crippen LogP contribution in [0.15, 0.2) is 106 Å². The first-order valence-electron chi connectivity index (χ1n) is 20.2. The average Bonchev–Trinajstić information content (AvgIpc) is 3.74. The summed E-state index contributed by atoms with van der Waals surface area (Å²) in [6.45, 7) is 10.2. The van der Waals surface area contributed by atoms with E-state index >= 15 is 0 Å². The van der Waals surface area contributed by atoms with E-state index in [4.69, 9.17) is 33.7 Å². The summed E-state index contributed by atoms with van der Waals surface area (Å²) in [5, 5.41) is 3.80. The highest BCUT2D eigenvalue weighted by Crippen LogP contribution is 2.43. The van der Waals surface area contributed by atoms with Gasteiger partial charge in [-0.25, -0.2) is 9.13 Å². The molecule has 0 saturated carbocycles. The smallest absolute Gasteiger partial charge is 0.295 e. The van der Waals surface area contributed by atoms with Crippen LogP contribution < -0.4 is 24.4 Å². The van der Waals surface area contributed by atoms with Crippen molar-refractivity contribution in [1.82, 2.24) is 9.88 Å². The van der Waals surface area contributed by atoms with Crippen molar-refractivity contribution >= 4 is 77.7 Å². The van der Waals surface area contributed by atoms with Gasteiger partial charge in [-0.1, -0.05) is 54.9 Å². The lowest BCUT2D eigenvalue weighted by atomic mass is 10.00. The van der Waals surface area contributed by atoms with Gasteiger partial charge in [-0.15, -0.1) is 25.3 Å². The Balaban J connectivity index is 1.12. The summed E-state index contributed by atoms with van der Waals surface area (Å²) in [6.07, 6.45) is 8.12. The molecular weight excluding hydrogens is 786 g/mol. The normalized spacial score (nSPS) is 15.7. The first-order chi connectivity index (χ1) is 28.2. The van der Waals surface area contributed by atoms with E-state index in [1.165, 1.54) is 0 Å². The largest absolute Gasteiger partial charge is 0.444 e. The fourth-order valence-corrected chi connectivity index (χ4v) is 8.93. The number of benzene rings is 4. The summed E-state index contributed by atoms with van der Waals surface area (Å²) in [5.41, 5.74) is 8.63. The Hall–Kier alpha value is -4.84. The summed E-state index contributed by atoms with van der Waals surface area (Å²) in [5.74, 6) is 2.61. The molecule has 5 aromatic rings. The summed E-state index contributed by atoms with van der Waals surface area (Å²) in [4.78, 5) is 30.3. The zero-order valence-electron chi connectivity index (χ0n) is 33.3. The molecule has 0 aliphatic carbocycles. The van der Waals surface area contributed by atoms with Crippen LogP contribution in [0.5, 0.6) is 5.75 Å². The number of para-hydroxylation sites is 1. The number of unbranched alkanes of at least 4 members (excludes halogenated alkanes) is 1. The van der Waals surface area contributed by atoms with Crippen LogP contribution >= 0.6 is 36.9 Å². The van der Waals surface area contributed by atoms with E-state index in [0.717, 1.165) is 117 Å². The van der Waals surface area contributed by atoms with Crippen molar-refractivity contribution in [3.8, 4) is 16.9 Å². The number of aryl methyl sites for hydroxylation is 3. The van der Waals surface area contributed by atoms with Gasteiger partial charge in [-0.05, 0) is 104 Å². The number of imidazole rings is 1. The van der Waals surface area contributed by atoms with E-state index in [2.05, 4.69) is 107 Å². The third-order valence-electron chi connectivity index (χ3n) is 11.0. The molecule has 0 saturated heterocycles. The SMILES string of the molecule is CCC(/C=C1\Oc2c(S)cccc2N1CC)=C\c1n(CC)c2c(S)cc(-c3ccccc3)cc2[n+]1CCCCNC(=O)CCN1c2ccc(Cl)cc2CCC1OC=O. The first kappa shape index (κ1) is 41.3. The molecule has 12 heteroatoms. The van der Waals surface area contributed by atoms with Crippen LogP contribution in [0.3, 0.4) is 0 Å². The molecule has 1 aromatic heterocycles. The molecule has 0 bridgehead atoms. The van der Waals surface area contributed by atoms with Crippen LogP contribution in [-0.2, 0) is 33.8 Å². The van der Waals surface area contributed by atoms with Gasteiger partial charge >= 0.3 is 0 Å². The molecule has 1 unspecified atom stereocenters. The predicted octanol–water partition coefficient (Wildman–Crippen LogP) is 9.64. The van der Waals surface area contributed by atoms with Crippen molar-refractivity contribution in [3.05, 3.63) is 113 Å². The molecule has 0 fully saturated rings. The Morgan fingerprint density at radius 2 is 1.79 bits per heavy atom. The van der Waals surface area contributed by atoms with Gasteiger partial charge in [0.2, 0.25) is 11.8 Å². The molecule has 58 heavy (non-hydrogen) atoms. The molecule has 0 spiro atoms. The van der Waals surface area contributed by atoms with Crippen LogP contribution in [0.2, 0.25) is 5.02 Å². The number of carbonyl (C=O) groups excluding carboxylic acids is 2. The average molecular weight is 838 g/mol. The highest BCUT2D eigenvalue weighted by atomic mass is 35.5. The maximum absolute atomic E-state index is 13.1. The number of anilines is 2. The molecule has 9 nitrogen and oxygen atoms in total. The quantitative estimate of drug-likeness (QED) is 0.0398. The van der Waals surface area contributed by atoms with E-state index in [1.54, 1.807) is 0 Å². The topological polar surface area (TPSA) is 79.9 Å². The zero-order valence-corrected chi connectivity index (χ0v) is 35.8. The fourth-order valence-electron chi connectivity index (χ4n) is 8.12. The number of nitrogens with one attached hydrogen (secondary N) is 1. The first-order valence-corrected chi connectivity index (χ1v) is 21.5. The molecule has 1 amide bonds. The molecule has 2 aliphatic heterocycles. The van der Waals surface area contributed by atoms with Crippen molar-refractivity contribution in [2.24, 2.45) is 0 Å². The lowest BCUT2D eigenvalue weighted by Crippen LogP contribution is -2.43. The van der Waals surface area contributed by atoms with Crippen LogP contribution in [0, 0.1) is 0 Å². The molecule has 1 N–H and O–H groups in total. The Labute approximate surface area is 357 Å². The number of amides is 1. The van der Waals surface area contributed by atoms with Gasteiger partial charge in [0.25, 0.3) is 12.3 Å². The number of aromatic nitrogens is 2. The number of fused-ring (bicyclic) bond motifs is 3. The molecule has 0 radical (unpaired) electrons. The minimum atomic E-state index is -0.414. The van der Waals surface area contributed by atoms with Gasteiger partial charge < -0.3 is 24.6 Å². The molecule has 302 valence electrons. The second-order valence-electron chi connectivity index (χ2n) is 14.5. The van der Waals surface area contributed by atoms with Crippen LogP contribution in [-0.4, -0.2) is 42.8 Å². The Kier molecular flexibility index (Phi) is 13.4. The second-order valence-corrected chi connectivity index (χ2v) is 15.9. The monoisotopic (exact) mass is 836 g/mol. The van der Waals surface area contributed by atoms with Gasteiger partial charge in [0.1, 0.15) is 0 Å². The highest BCUT2D eigenvalue weighted by Gasteiger charge is 2.30. The van der Waals surface area contributed by atoms with E-state index in [9.17, 15) is 9.59 Å². The predicted molar refractivity (Wildman–Crippen MR) is 239 cm³/mol. The highest BCUT2D eigenvalue weighted by molar-refractivity contribution is 7.80. The third kappa shape index (κ3) is 8.77. The van der Waals surface area contributed by atoms with Gasteiger partial charge in [0.15, 0.2) is 23.0 Å². The number of hydrogen-bond acceptors (Lipinski definition) is 8. The van der Waals surface area contributed by atoms with Crippen LogP contribution in [0.25, 0.3) is 28.2 Å². The number of thiol groups is 2. The fraction of sp³-hybridized carbons (Fsp3) is 0.326. The van der Waals surface area contributed by atoms with E-state index in [-0.39, 0.29) is 12.3 Å². The lowest BCUT2D eigenvalue weighted by Gasteiger charge is -2.37. The third-order valence-corrected chi connectivity index (χ3v) is 11.9. The Bertz CT molecular complexity index is 2360. The molecule has 1 atom stereocenters. The number of ether oxygens (including phenoxy) is 2. The number of allylic oxidation sites excluding steroid dienone is 2. The summed E-state index contributed by atoms with van der Waals surface area (Å²) in [7, 11) is 0. The maximum atomic E-state index is 13.1. The van der Waals surface area contributed by atoms with Crippen molar-refractivity contribution in [2.75, 3.05) is 29.4 Å². The molecule has 2 aliphatic rings. The minimum Gasteiger partial charge on any atom is -0.444 e. The van der Waals surface area contributed by atoms with Gasteiger partial charge in [-0.2, -0.15) is 0 Å². The summed E-state index contributed by atoms with van der Waals surface area (Å²) >= 11 is 16.0. The van der Waals surface area contributed by atoms with Crippen molar-refractivity contribution in [3.63, 3.8) is 0 Å². The van der Waals surface area contributed by atoms with E-state index in [1.807, 2.05) is 41.3 Å². The maximum Gasteiger partial charge on any atom is 0.295 e. The van der Waals surface area contributed by atoms with Crippen LogP contribution in [0.4, 0.5) is 11.4 Å². The number of carbonyl (C=O) groups is 2.